The van der Waals surface area contributed by atoms with E-state index in [1.54, 1.807) is 36.8 Å². The molecule has 0 aliphatic carbocycles. The first-order valence-corrected chi connectivity index (χ1v) is 15.6. The van der Waals surface area contributed by atoms with Crippen molar-refractivity contribution in [1.82, 2.24) is 14.5 Å². The summed E-state index contributed by atoms with van der Waals surface area (Å²) >= 11 is 7.27. The minimum Gasteiger partial charge on any atom is -0.368 e. The molecule has 206 valence electrons. The maximum atomic E-state index is 12.8. The number of piperazine rings is 1. The molecule has 1 fully saturated rings. The number of thiophene rings is 1. The van der Waals surface area contributed by atoms with Crippen LogP contribution in [0.15, 0.2) is 73.2 Å². The van der Waals surface area contributed by atoms with E-state index in [2.05, 4.69) is 16.0 Å². The Labute approximate surface area is 242 Å². The summed E-state index contributed by atoms with van der Waals surface area (Å²) in [6.45, 7) is 3.17. The third kappa shape index (κ3) is 6.31. The zero-order chi connectivity index (χ0) is 28.3. The zero-order valence-electron chi connectivity index (χ0n) is 21.8. The minimum atomic E-state index is -3.58. The number of rotatable bonds is 8. The molecule has 0 unspecified atom stereocenters. The molecule has 0 bridgehead atoms. The van der Waals surface area contributed by atoms with Crippen molar-refractivity contribution >= 4 is 50.2 Å². The summed E-state index contributed by atoms with van der Waals surface area (Å²) in [4.78, 5) is 21.6. The standard InChI is InChI=1S/C28H27ClN6O3S2/c1-40(37,38)35(19-25-17-31-20-34(25)18-22-4-2-21(16-30)3-5-22)24-8-6-23(7-9-24)32-12-14-33(15-13-32)28(36)26-10-11-27(29)39-26/h2-11,17,20H,12-15,18-19H2,1H3. The fourth-order valence-corrected chi connectivity index (χ4v) is 6.52. The van der Waals surface area contributed by atoms with Gasteiger partial charge in [0.2, 0.25) is 10.0 Å². The van der Waals surface area contributed by atoms with Gasteiger partial charge in [0.15, 0.2) is 0 Å². The molecule has 40 heavy (non-hydrogen) atoms. The number of nitrogens with zero attached hydrogens (tertiary/aromatic N) is 6. The highest BCUT2D eigenvalue weighted by Crippen LogP contribution is 2.27. The molecule has 9 nitrogen and oxygen atoms in total. The Morgan fingerprint density at radius 2 is 1.75 bits per heavy atom. The number of anilines is 2. The monoisotopic (exact) mass is 594 g/mol. The molecule has 4 aromatic rings. The molecule has 1 aliphatic rings. The van der Waals surface area contributed by atoms with Gasteiger partial charge in [-0.1, -0.05) is 23.7 Å². The van der Waals surface area contributed by atoms with Crippen LogP contribution in [0, 0.1) is 11.3 Å². The molecule has 5 rings (SSSR count). The van der Waals surface area contributed by atoms with Crippen molar-refractivity contribution in [1.29, 1.82) is 5.26 Å². The van der Waals surface area contributed by atoms with Gasteiger partial charge in [0.25, 0.3) is 5.91 Å². The van der Waals surface area contributed by atoms with Gasteiger partial charge in [0.05, 0.1) is 51.4 Å². The molecule has 0 spiro atoms. The Bertz CT molecular complexity index is 1630. The number of aromatic nitrogens is 2. The molecule has 1 amide bonds. The van der Waals surface area contributed by atoms with Gasteiger partial charge in [0, 0.05) is 44.6 Å². The summed E-state index contributed by atoms with van der Waals surface area (Å²) in [6, 6.07) is 20.3. The lowest BCUT2D eigenvalue weighted by molar-refractivity contribution is 0.0751. The number of sulfonamides is 1. The molecule has 1 saturated heterocycles. The predicted molar refractivity (Wildman–Crippen MR) is 157 cm³/mol. The van der Waals surface area contributed by atoms with Crippen LogP contribution >= 0.6 is 22.9 Å². The third-order valence-corrected chi connectivity index (χ3v) is 9.15. The van der Waals surface area contributed by atoms with E-state index in [9.17, 15) is 13.2 Å². The number of hydrogen-bond acceptors (Lipinski definition) is 7. The number of imidazole rings is 1. The van der Waals surface area contributed by atoms with Crippen LogP contribution < -0.4 is 9.21 Å². The van der Waals surface area contributed by atoms with Gasteiger partial charge in [-0.05, 0) is 54.1 Å². The lowest BCUT2D eigenvalue weighted by Gasteiger charge is -2.36. The first kappa shape index (κ1) is 27.7. The third-order valence-electron chi connectivity index (χ3n) is 6.79. The van der Waals surface area contributed by atoms with Crippen LogP contribution in [-0.2, 0) is 23.1 Å². The van der Waals surface area contributed by atoms with Crippen LogP contribution in [-0.4, -0.2) is 61.2 Å². The van der Waals surface area contributed by atoms with Gasteiger partial charge >= 0.3 is 0 Å². The van der Waals surface area contributed by atoms with E-state index in [0.717, 1.165) is 16.9 Å². The first-order chi connectivity index (χ1) is 19.2. The van der Waals surface area contributed by atoms with Crippen LogP contribution in [0.4, 0.5) is 11.4 Å². The molecule has 0 atom stereocenters. The van der Waals surface area contributed by atoms with E-state index in [0.29, 0.717) is 53.2 Å². The maximum Gasteiger partial charge on any atom is 0.264 e. The Hall–Kier alpha value is -3.85. The van der Waals surface area contributed by atoms with Gasteiger partial charge < -0.3 is 14.4 Å². The van der Waals surface area contributed by atoms with Crippen molar-refractivity contribution in [2.45, 2.75) is 13.1 Å². The van der Waals surface area contributed by atoms with E-state index in [-0.39, 0.29) is 12.5 Å². The topological polar surface area (TPSA) is 103 Å². The number of carbonyl (C=O) groups is 1. The predicted octanol–water partition coefficient (Wildman–Crippen LogP) is 4.45. The maximum absolute atomic E-state index is 12.8. The number of hydrogen-bond donors (Lipinski definition) is 0. The van der Waals surface area contributed by atoms with Gasteiger partial charge in [-0.2, -0.15) is 5.26 Å². The molecule has 2 aromatic heterocycles. The molecule has 1 aliphatic heterocycles. The second kappa shape index (κ2) is 11.7. The summed E-state index contributed by atoms with van der Waals surface area (Å²) in [6.07, 6.45) is 4.54. The molecule has 0 saturated carbocycles. The second-order valence-electron chi connectivity index (χ2n) is 9.49. The zero-order valence-corrected chi connectivity index (χ0v) is 24.2. The molecule has 0 N–H and O–H groups in total. The molecule has 12 heteroatoms. The van der Waals surface area contributed by atoms with Crippen molar-refractivity contribution in [2.75, 3.05) is 41.6 Å². The Morgan fingerprint density at radius 1 is 1.05 bits per heavy atom. The van der Waals surface area contributed by atoms with E-state index < -0.39 is 10.0 Å². The summed E-state index contributed by atoms with van der Waals surface area (Å²) in [5.41, 5.74) is 3.83. The average Bonchev–Trinajstić information content (AvgIpc) is 3.60. The molecule has 0 radical (unpaired) electrons. The fourth-order valence-electron chi connectivity index (χ4n) is 4.63. The quantitative estimate of drug-likeness (QED) is 0.299. The lowest BCUT2D eigenvalue weighted by Crippen LogP contribution is -2.48. The average molecular weight is 595 g/mol. The fraction of sp³-hybridized carbons (Fsp3) is 0.250. The number of nitriles is 1. The van der Waals surface area contributed by atoms with Crippen LogP contribution in [0.25, 0.3) is 0 Å². The van der Waals surface area contributed by atoms with Gasteiger partial charge in [0.1, 0.15) is 0 Å². The summed E-state index contributed by atoms with van der Waals surface area (Å²) in [5, 5.41) is 9.03. The van der Waals surface area contributed by atoms with Crippen LogP contribution in [0.3, 0.4) is 0 Å². The van der Waals surface area contributed by atoms with Crippen LogP contribution in [0.5, 0.6) is 0 Å². The highest BCUT2D eigenvalue weighted by atomic mass is 35.5. The normalized spacial score (nSPS) is 13.7. The Balaban J connectivity index is 1.26. The van der Waals surface area contributed by atoms with Crippen LogP contribution in [0.2, 0.25) is 4.34 Å². The highest BCUT2D eigenvalue weighted by molar-refractivity contribution is 7.92. The van der Waals surface area contributed by atoms with Crippen molar-refractivity contribution in [2.24, 2.45) is 0 Å². The summed E-state index contributed by atoms with van der Waals surface area (Å²) in [5.74, 6) is -0.00545. The minimum absolute atomic E-state index is 0.00545. The van der Waals surface area contributed by atoms with E-state index in [1.165, 1.54) is 21.9 Å². The van der Waals surface area contributed by atoms with Crippen molar-refractivity contribution in [3.63, 3.8) is 0 Å². The van der Waals surface area contributed by atoms with Crippen molar-refractivity contribution in [3.05, 3.63) is 99.2 Å². The van der Waals surface area contributed by atoms with Crippen LogP contribution in [0.1, 0.15) is 26.5 Å². The number of halogens is 1. The summed E-state index contributed by atoms with van der Waals surface area (Å²) in [7, 11) is -3.58. The van der Waals surface area contributed by atoms with E-state index >= 15 is 0 Å². The Kier molecular flexibility index (Phi) is 8.12. The number of amides is 1. The number of benzene rings is 2. The second-order valence-corrected chi connectivity index (χ2v) is 13.1. The van der Waals surface area contributed by atoms with Crippen molar-refractivity contribution in [3.8, 4) is 6.07 Å². The molecule has 3 heterocycles. The van der Waals surface area contributed by atoms with Crippen molar-refractivity contribution < 1.29 is 13.2 Å². The van der Waals surface area contributed by atoms with E-state index in [1.807, 2.05) is 45.9 Å². The van der Waals surface area contributed by atoms with Gasteiger partial charge in [-0.15, -0.1) is 11.3 Å². The smallest absolute Gasteiger partial charge is 0.264 e. The highest BCUT2D eigenvalue weighted by Gasteiger charge is 2.24. The van der Waals surface area contributed by atoms with E-state index in [4.69, 9.17) is 16.9 Å². The Morgan fingerprint density at radius 3 is 2.35 bits per heavy atom. The molecular formula is C28H27ClN6O3S2. The lowest BCUT2D eigenvalue weighted by atomic mass is 10.1. The number of carbonyl (C=O) groups excluding carboxylic acids is 1. The first-order valence-electron chi connectivity index (χ1n) is 12.6. The molecular weight excluding hydrogens is 568 g/mol. The largest absolute Gasteiger partial charge is 0.368 e. The summed E-state index contributed by atoms with van der Waals surface area (Å²) < 4.78 is 29.5. The van der Waals surface area contributed by atoms with Gasteiger partial charge in [-0.3, -0.25) is 9.10 Å². The van der Waals surface area contributed by atoms with Gasteiger partial charge in [-0.25, -0.2) is 13.4 Å². The molecule has 2 aromatic carbocycles. The SMILES string of the molecule is CS(=O)(=O)N(Cc1cncn1Cc1ccc(C#N)cc1)c1ccc(N2CCN(C(=O)c3ccc(Cl)s3)CC2)cc1.